The Morgan fingerprint density at radius 2 is 1.70 bits per heavy atom. The normalized spacial score (nSPS) is 28.1. The summed E-state index contributed by atoms with van der Waals surface area (Å²) in [4.78, 5) is 13.6. The van der Waals surface area contributed by atoms with Crippen molar-refractivity contribution in [1.29, 1.82) is 0 Å². The van der Waals surface area contributed by atoms with E-state index >= 15 is 0 Å². The topological polar surface area (TPSA) is 66.0 Å². The van der Waals surface area contributed by atoms with Crippen LogP contribution >= 0.6 is 11.8 Å². The molecule has 1 aromatic carbocycles. The van der Waals surface area contributed by atoms with E-state index < -0.39 is 17.5 Å². The average Bonchev–Trinajstić information content (AvgIpc) is 3.07. The number of thioether (sulfide) groups is 1. The maximum atomic E-state index is 12.4. The van der Waals surface area contributed by atoms with Crippen LogP contribution in [-0.2, 0) is 14.2 Å². The second kappa shape index (κ2) is 8.24. The lowest BCUT2D eigenvalue weighted by molar-refractivity contribution is -0.159. The summed E-state index contributed by atoms with van der Waals surface area (Å²) < 4.78 is 23.1. The summed E-state index contributed by atoms with van der Waals surface area (Å²) >= 11 is 1.81. The zero-order chi connectivity index (χ0) is 22.3. The standard InChI is InChI=1S/C23H35NO5S/c1-21(2,3)29-20(25)24-17-13-16(18-19(17)28-23(6,7)27-18)22(4,5)30-15-11-9-14(26-8)10-12-15/h9-12,16-19H,13H2,1-8H3,(H,24,25)/t16-,17+,18+,19-/m0/s1. The van der Waals surface area contributed by atoms with Crippen LogP contribution in [0.2, 0.25) is 0 Å². The number of ether oxygens (including phenoxy) is 4. The van der Waals surface area contributed by atoms with Gasteiger partial charge in [-0.15, -0.1) is 11.8 Å². The van der Waals surface area contributed by atoms with Gasteiger partial charge in [0.2, 0.25) is 0 Å². The highest BCUT2D eigenvalue weighted by Crippen LogP contribution is 2.51. The van der Waals surface area contributed by atoms with Crippen molar-refractivity contribution >= 4 is 17.9 Å². The Morgan fingerprint density at radius 1 is 1.10 bits per heavy atom. The van der Waals surface area contributed by atoms with E-state index in [9.17, 15) is 4.79 Å². The number of methoxy groups -OCH3 is 1. The summed E-state index contributed by atoms with van der Waals surface area (Å²) in [6, 6.07) is 7.93. The molecule has 1 N–H and O–H groups in total. The van der Waals surface area contributed by atoms with Crippen LogP contribution in [0.15, 0.2) is 29.2 Å². The quantitative estimate of drug-likeness (QED) is 0.654. The Kier molecular flexibility index (Phi) is 6.38. The van der Waals surface area contributed by atoms with Gasteiger partial charge in [0.1, 0.15) is 17.5 Å². The minimum absolute atomic E-state index is 0.0966. The van der Waals surface area contributed by atoms with Crippen molar-refractivity contribution < 1.29 is 23.7 Å². The van der Waals surface area contributed by atoms with Crippen molar-refractivity contribution in [3.63, 3.8) is 0 Å². The Balaban J connectivity index is 1.76. The first-order valence-corrected chi connectivity index (χ1v) is 11.3. The van der Waals surface area contributed by atoms with Crippen LogP contribution in [0.25, 0.3) is 0 Å². The van der Waals surface area contributed by atoms with Crippen molar-refractivity contribution in [2.24, 2.45) is 5.92 Å². The molecule has 1 saturated carbocycles. The van der Waals surface area contributed by atoms with E-state index in [-0.39, 0.29) is 28.9 Å². The first kappa shape index (κ1) is 23.2. The number of nitrogens with one attached hydrogen (secondary N) is 1. The maximum Gasteiger partial charge on any atom is 0.407 e. The summed E-state index contributed by atoms with van der Waals surface area (Å²) in [5.41, 5.74) is -0.544. The van der Waals surface area contributed by atoms with Crippen molar-refractivity contribution in [3.05, 3.63) is 24.3 Å². The maximum absolute atomic E-state index is 12.4. The molecule has 3 rings (SSSR count). The van der Waals surface area contributed by atoms with E-state index in [4.69, 9.17) is 18.9 Å². The second-order valence-corrected chi connectivity index (χ2v) is 11.8. The summed E-state index contributed by atoms with van der Waals surface area (Å²) in [6.45, 7) is 13.9. The molecule has 1 aliphatic heterocycles. The number of rotatable bonds is 5. The number of hydrogen-bond acceptors (Lipinski definition) is 6. The first-order valence-electron chi connectivity index (χ1n) is 10.5. The van der Waals surface area contributed by atoms with Gasteiger partial charge in [0.05, 0.1) is 19.3 Å². The molecule has 7 heteroatoms. The fourth-order valence-corrected chi connectivity index (χ4v) is 5.55. The molecule has 1 aromatic rings. The fourth-order valence-electron chi connectivity index (χ4n) is 4.28. The predicted octanol–water partition coefficient (Wildman–Crippen LogP) is 5.00. The highest BCUT2D eigenvalue weighted by atomic mass is 32.2. The third-order valence-corrected chi connectivity index (χ3v) is 6.84. The predicted molar refractivity (Wildman–Crippen MR) is 118 cm³/mol. The van der Waals surface area contributed by atoms with Crippen molar-refractivity contribution in [2.75, 3.05) is 7.11 Å². The lowest BCUT2D eigenvalue weighted by Crippen LogP contribution is -2.45. The first-order chi connectivity index (χ1) is 13.8. The van der Waals surface area contributed by atoms with E-state index in [1.807, 2.05) is 58.5 Å². The number of fused-ring (bicyclic) bond motifs is 1. The Morgan fingerprint density at radius 3 is 2.27 bits per heavy atom. The molecule has 1 amide bonds. The van der Waals surface area contributed by atoms with Crippen molar-refractivity contribution in [3.8, 4) is 5.75 Å². The van der Waals surface area contributed by atoms with Gasteiger partial charge in [0.15, 0.2) is 5.79 Å². The van der Waals surface area contributed by atoms with Crippen LogP contribution in [0.5, 0.6) is 5.75 Å². The van der Waals surface area contributed by atoms with E-state index in [0.717, 1.165) is 12.2 Å². The van der Waals surface area contributed by atoms with E-state index in [1.54, 1.807) is 7.11 Å². The molecule has 0 spiro atoms. The Labute approximate surface area is 184 Å². The van der Waals surface area contributed by atoms with Gasteiger partial charge in [-0.3, -0.25) is 0 Å². The molecule has 168 valence electrons. The second-order valence-electron chi connectivity index (χ2n) is 10.0. The summed E-state index contributed by atoms with van der Waals surface area (Å²) in [5.74, 6) is 0.355. The molecular formula is C23H35NO5S. The van der Waals surface area contributed by atoms with Crippen LogP contribution in [0.4, 0.5) is 4.79 Å². The average molecular weight is 438 g/mol. The third kappa shape index (κ3) is 5.42. The van der Waals surface area contributed by atoms with Gasteiger partial charge >= 0.3 is 6.09 Å². The Hall–Kier alpha value is -1.44. The minimum Gasteiger partial charge on any atom is -0.497 e. The molecule has 1 aliphatic carbocycles. The molecule has 0 radical (unpaired) electrons. The van der Waals surface area contributed by atoms with Crippen LogP contribution < -0.4 is 10.1 Å². The summed E-state index contributed by atoms with van der Waals surface area (Å²) in [6.07, 6.45) is 0.0515. The van der Waals surface area contributed by atoms with Gasteiger partial charge in [-0.25, -0.2) is 4.79 Å². The van der Waals surface area contributed by atoms with Gasteiger partial charge in [0.25, 0.3) is 0 Å². The van der Waals surface area contributed by atoms with E-state index in [2.05, 4.69) is 31.3 Å². The fraction of sp³-hybridized carbons (Fsp3) is 0.696. The molecule has 0 bridgehead atoms. The molecule has 1 saturated heterocycles. The monoisotopic (exact) mass is 437 g/mol. The molecule has 1 heterocycles. The number of amides is 1. The largest absolute Gasteiger partial charge is 0.497 e. The molecule has 4 atom stereocenters. The SMILES string of the molecule is COc1ccc(SC(C)(C)[C@H]2C[C@@H](NC(=O)OC(C)(C)C)[C@@H]3OC(C)(C)O[C@@H]32)cc1. The van der Waals surface area contributed by atoms with Crippen LogP contribution in [0, 0.1) is 5.92 Å². The molecule has 2 aliphatic rings. The number of hydrogen-bond donors (Lipinski definition) is 1. The lowest BCUT2D eigenvalue weighted by Gasteiger charge is -2.35. The lowest BCUT2D eigenvalue weighted by atomic mass is 9.91. The third-order valence-electron chi connectivity index (χ3n) is 5.50. The highest BCUT2D eigenvalue weighted by molar-refractivity contribution is 8.00. The van der Waals surface area contributed by atoms with Crippen molar-refractivity contribution in [1.82, 2.24) is 5.32 Å². The van der Waals surface area contributed by atoms with Gasteiger partial charge in [0, 0.05) is 15.6 Å². The zero-order valence-electron chi connectivity index (χ0n) is 19.3. The zero-order valence-corrected chi connectivity index (χ0v) is 20.1. The molecular weight excluding hydrogens is 402 g/mol. The van der Waals surface area contributed by atoms with Crippen LogP contribution in [0.1, 0.15) is 54.9 Å². The summed E-state index contributed by atoms with van der Waals surface area (Å²) in [7, 11) is 1.67. The number of carbonyl (C=O) groups is 1. The van der Waals surface area contributed by atoms with Gasteiger partial charge < -0.3 is 24.3 Å². The molecule has 2 fully saturated rings. The van der Waals surface area contributed by atoms with Gasteiger partial charge in [-0.05, 0) is 79.2 Å². The molecule has 6 nitrogen and oxygen atoms in total. The van der Waals surface area contributed by atoms with Crippen molar-refractivity contribution in [2.45, 2.75) is 94.2 Å². The van der Waals surface area contributed by atoms with Gasteiger partial charge in [-0.2, -0.15) is 0 Å². The minimum atomic E-state index is -0.678. The van der Waals surface area contributed by atoms with E-state index in [1.165, 1.54) is 4.90 Å². The molecule has 30 heavy (non-hydrogen) atoms. The smallest absolute Gasteiger partial charge is 0.407 e. The molecule has 0 aromatic heterocycles. The Bertz CT molecular complexity index is 756. The van der Waals surface area contributed by atoms with E-state index in [0.29, 0.717) is 0 Å². The van der Waals surface area contributed by atoms with Crippen LogP contribution in [0.3, 0.4) is 0 Å². The van der Waals surface area contributed by atoms with Crippen LogP contribution in [-0.4, -0.2) is 47.6 Å². The molecule has 0 unspecified atom stereocenters. The highest BCUT2D eigenvalue weighted by Gasteiger charge is 2.58. The number of carbonyl (C=O) groups excluding carboxylic acids is 1. The van der Waals surface area contributed by atoms with Gasteiger partial charge in [-0.1, -0.05) is 0 Å². The number of benzene rings is 1. The summed E-state index contributed by atoms with van der Waals surface area (Å²) in [5, 5.41) is 3.03. The number of alkyl carbamates (subject to hydrolysis) is 1.